The number of aliphatic hydroxyl groups excluding tert-OH is 1. The van der Waals surface area contributed by atoms with Gasteiger partial charge in [-0.1, -0.05) is 12.1 Å². The minimum atomic E-state index is -4.81. The van der Waals surface area contributed by atoms with Gasteiger partial charge in [0, 0.05) is 35.2 Å². The molecule has 0 fully saturated rings. The van der Waals surface area contributed by atoms with E-state index in [2.05, 4.69) is 10.3 Å². The van der Waals surface area contributed by atoms with Crippen LogP contribution < -0.4 is 10.1 Å². The minimum absolute atomic E-state index is 0.114. The number of allylic oxidation sites excluding steroid dienone is 1. The number of rotatable bonds is 9. The molecule has 0 aliphatic carbocycles. The number of nitrogens with one attached hydrogen (secondary N) is 1. The molecule has 1 unspecified atom stereocenters. The van der Waals surface area contributed by atoms with Gasteiger partial charge in [0.2, 0.25) is 5.91 Å². The van der Waals surface area contributed by atoms with E-state index >= 15 is 0 Å². The molecule has 0 aromatic heterocycles. The fourth-order valence-corrected chi connectivity index (χ4v) is 3.38. The van der Waals surface area contributed by atoms with Crippen molar-refractivity contribution in [1.82, 2.24) is 0 Å². The van der Waals surface area contributed by atoms with E-state index in [9.17, 15) is 31.5 Å². The van der Waals surface area contributed by atoms with E-state index in [1.165, 1.54) is 12.1 Å². The van der Waals surface area contributed by atoms with E-state index in [1.807, 2.05) is 0 Å². The average molecular weight is 512 g/mol. The minimum Gasteiger partial charge on any atom is -0.491 e. The van der Waals surface area contributed by atoms with Crippen molar-refractivity contribution < 1.29 is 46.1 Å². The molecule has 3 rings (SSSR count). The largest absolute Gasteiger partial charge is 0.491 e. The summed E-state index contributed by atoms with van der Waals surface area (Å²) in [6, 6.07) is 5.11. The van der Waals surface area contributed by atoms with Gasteiger partial charge < -0.3 is 19.9 Å². The molecule has 0 saturated heterocycles. The summed E-state index contributed by atoms with van der Waals surface area (Å²) in [5.41, 5.74) is -1.84. The van der Waals surface area contributed by atoms with Crippen molar-refractivity contribution in [3.05, 3.63) is 64.7 Å². The Morgan fingerprint density at radius 1 is 1.17 bits per heavy atom. The van der Waals surface area contributed by atoms with Gasteiger partial charge >= 0.3 is 6.18 Å². The van der Waals surface area contributed by atoms with Crippen LogP contribution in [-0.4, -0.2) is 49.1 Å². The summed E-state index contributed by atoms with van der Waals surface area (Å²) in [6.07, 6.45) is -4.13. The van der Waals surface area contributed by atoms with E-state index < -0.39 is 60.1 Å². The molecule has 2 amide bonds. The van der Waals surface area contributed by atoms with E-state index in [1.54, 1.807) is 6.92 Å². The maximum atomic E-state index is 14.8. The second-order valence-electron chi connectivity index (χ2n) is 7.50. The van der Waals surface area contributed by atoms with Crippen LogP contribution in [0.25, 0.3) is 5.57 Å². The quantitative estimate of drug-likeness (QED) is 0.497. The normalized spacial score (nSPS) is 15.6. The SMILES string of the molecule is CCOC1C=C(c2ccc(CC(=O)Nc3ccc(OCCO)c(C(F)(F)F)c3)c(F)c2F)C=NC1=O. The first-order valence-corrected chi connectivity index (χ1v) is 10.7. The van der Waals surface area contributed by atoms with Gasteiger partial charge in [0.15, 0.2) is 17.7 Å². The topological polar surface area (TPSA) is 97.2 Å². The highest BCUT2D eigenvalue weighted by molar-refractivity contribution is 6.17. The Balaban J connectivity index is 1.78. The molecule has 1 aliphatic heterocycles. The summed E-state index contributed by atoms with van der Waals surface area (Å²) < 4.78 is 79.6. The number of halogens is 5. The lowest BCUT2D eigenvalue weighted by Crippen LogP contribution is -2.24. The summed E-state index contributed by atoms with van der Waals surface area (Å²) in [5.74, 6) is -4.62. The van der Waals surface area contributed by atoms with E-state index in [4.69, 9.17) is 14.6 Å². The monoisotopic (exact) mass is 512 g/mol. The third kappa shape index (κ3) is 6.32. The highest BCUT2D eigenvalue weighted by atomic mass is 19.4. The molecule has 2 N–H and O–H groups in total. The Bertz CT molecular complexity index is 1210. The smallest absolute Gasteiger partial charge is 0.420 e. The van der Waals surface area contributed by atoms with Crippen LogP contribution in [0.2, 0.25) is 0 Å². The van der Waals surface area contributed by atoms with Crippen molar-refractivity contribution in [1.29, 1.82) is 0 Å². The molecule has 1 atom stereocenters. The number of nitrogens with zero attached hydrogens (tertiary/aromatic N) is 1. The fourth-order valence-electron chi connectivity index (χ4n) is 3.38. The van der Waals surface area contributed by atoms with Crippen LogP contribution in [-0.2, 0) is 26.9 Å². The second-order valence-corrected chi connectivity index (χ2v) is 7.50. The van der Waals surface area contributed by atoms with Crippen LogP contribution in [0.3, 0.4) is 0 Å². The number of hydrogen-bond donors (Lipinski definition) is 2. The number of alkyl halides is 3. The van der Waals surface area contributed by atoms with Crippen molar-refractivity contribution in [2.45, 2.75) is 25.6 Å². The molecule has 7 nitrogen and oxygen atoms in total. The molecule has 1 heterocycles. The molecule has 2 aromatic carbocycles. The van der Waals surface area contributed by atoms with Crippen LogP contribution >= 0.6 is 0 Å². The van der Waals surface area contributed by atoms with Gasteiger partial charge in [-0.05, 0) is 31.2 Å². The van der Waals surface area contributed by atoms with Crippen molar-refractivity contribution in [3.8, 4) is 5.75 Å². The zero-order valence-corrected chi connectivity index (χ0v) is 18.9. The lowest BCUT2D eigenvalue weighted by molar-refractivity contribution is -0.139. The maximum Gasteiger partial charge on any atom is 0.420 e. The van der Waals surface area contributed by atoms with Crippen molar-refractivity contribution >= 4 is 29.3 Å². The predicted octanol–water partition coefficient (Wildman–Crippen LogP) is 3.94. The van der Waals surface area contributed by atoms with Gasteiger partial charge in [0.25, 0.3) is 5.91 Å². The number of benzene rings is 2. The number of aliphatic hydroxyl groups is 1. The Morgan fingerprint density at radius 2 is 1.92 bits per heavy atom. The summed E-state index contributed by atoms with van der Waals surface area (Å²) in [4.78, 5) is 27.7. The predicted molar refractivity (Wildman–Crippen MR) is 120 cm³/mol. The number of dihydropyridines is 1. The molecular weight excluding hydrogens is 491 g/mol. The zero-order valence-electron chi connectivity index (χ0n) is 18.9. The number of amides is 2. The van der Waals surface area contributed by atoms with Crippen LogP contribution in [0.4, 0.5) is 27.6 Å². The number of aliphatic imine (C=N–C) groups is 1. The number of hydrogen-bond acceptors (Lipinski definition) is 5. The van der Waals surface area contributed by atoms with Crippen LogP contribution in [0.15, 0.2) is 41.4 Å². The molecule has 0 radical (unpaired) electrons. The molecule has 36 heavy (non-hydrogen) atoms. The third-order valence-corrected chi connectivity index (χ3v) is 4.99. The average Bonchev–Trinajstić information content (AvgIpc) is 2.82. The van der Waals surface area contributed by atoms with E-state index in [-0.39, 0.29) is 35.6 Å². The molecule has 0 saturated carbocycles. The maximum absolute atomic E-state index is 14.8. The summed E-state index contributed by atoms with van der Waals surface area (Å²) >= 11 is 0. The first kappa shape index (κ1) is 27.0. The molecule has 12 heteroatoms. The van der Waals surface area contributed by atoms with Crippen molar-refractivity contribution in [2.24, 2.45) is 4.99 Å². The second kappa shape index (κ2) is 11.4. The van der Waals surface area contributed by atoms with Gasteiger partial charge in [0.05, 0.1) is 18.6 Å². The van der Waals surface area contributed by atoms with Gasteiger partial charge in [-0.15, -0.1) is 0 Å². The number of anilines is 1. The van der Waals surface area contributed by atoms with E-state index in [0.29, 0.717) is 6.07 Å². The lowest BCUT2D eigenvalue weighted by Gasteiger charge is -2.16. The Labute approximate surface area is 202 Å². The lowest BCUT2D eigenvalue weighted by atomic mass is 9.99. The van der Waals surface area contributed by atoms with Gasteiger partial charge in [-0.2, -0.15) is 13.2 Å². The van der Waals surface area contributed by atoms with Crippen LogP contribution in [0, 0.1) is 11.6 Å². The van der Waals surface area contributed by atoms with Crippen molar-refractivity contribution in [3.63, 3.8) is 0 Å². The Kier molecular flexibility index (Phi) is 8.53. The van der Waals surface area contributed by atoms with Gasteiger partial charge in [-0.25, -0.2) is 13.8 Å². The Morgan fingerprint density at radius 3 is 2.58 bits per heavy atom. The third-order valence-electron chi connectivity index (χ3n) is 4.99. The number of ether oxygens (including phenoxy) is 2. The fraction of sp³-hybridized carbons (Fsp3) is 0.292. The first-order valence-electron chi connectivity index (χ1n) is 10.7. The van der Waals surface area contributed by atoms with Gasteiger partial charge in [-0.3, -0.25) is 9.59 Å². The van der Waals surface area contributed by atoms with Crippen LogP contribution in [0.5, 0.6) is 5.75 Å². The highest BCUT2D eigenvalue weighted by Crippen LogP contribution is 2.38. The van der Waals surface area contributed by atoms with Crippen molar-refractivity contribution in [2.75, 3.05) is 25.1 Å². The molecule has 2 aromatic rings. The number of carbonyl (C=O) groups is 2. The van der Waals surface area contributed by atoms with Crippen LogP contribution in [0.1, 0.15) is 23.6 Å². The molecule has 192 valence electrons. The number of carbonyl (C=O) groups excluding carboxylic acids is 2. The molecule has 1 aliphatic rings. The highest BCUT2D eigenvalue weighted by Gasteiger charge is 2.35. The zero-order chi connectivity index (χ0) is 26.5. The first-order chi connectivity index (χ1) is 17.0. The molecular formula is C24H21F5N2O5. The summed E-state index contributed by atoms with van der Waals surface area (Å²) in [5, 5.41) is 11.0. The summed E-state index contributed by atoms with van der Waals surface area (Å²) in [7, 11) is 0. The Hall–Kier alpha value is -3.64. The van der Waals surface area contributed by atoms with Gasteiger partial charge in [0.1, 0.15) is 12.4 Å². The molecule has 0 bridgehead atoms. The molecule has 0 spiro atoms. The summed E-state index contributed by atoms with van der Waals surface area (Å²) in [6.45, 7) is 0.999. The standard InChI is InChI=1S/C24H21F5N2O5/c1-2-35-19-9-14(12-30-23(19)34)16-5-3-13(21(25)22(16)26)10-20(33)31-15-4-6-18(36-8-7-32)17(11-15)24(27,28)29/h3-6,9,11-12,19,32H,2,7-8,10H2,1H3,(H,31,33). The van der Waals surface area contributed by atoms with E-state index in [0.717, 1.165) is 24.4 Å².